The maximum atomic E-state index is 5.33. The van der Waals surface area contributed by atoms with Gasteiger partial charge < -0.3 is 5.32 Å². The molecule has 2 aromatic carbocycles. The Kier molecular flexibility index (Phi) is 4.20. The minimum atomic E-state index is 0.517. The van der Waals surface area contributed by atoms with Crippen molar-refractivity contribution in [2.45, 2.75) is 26.7 Å². The van der Waals surface area contributed by atoms with Crippen molar-refractivity contribution in [3.63, 3.8) is 0 Å². The summed E-state index contributed by atoms with van der Waals surface area (Å²) in [6, 6.07) is 14.6. The summed E-state index contributed by atoms with van der Waals surface area (Å²) in [6.45, 7) is 4.15. The number of nitrogens with one attached hydrogen (secondary N) is 2. The SMILES string of the molecule is Cc1ccc(NC(=S)NN=C2CCc3ccccc32)c(C)c1. The normalized spacial score (nSPS) is 14.7. The molecule has 0 radical (unpaired) electrons. The Morgan fingerprint density at radius 2 is 1.91 bits per heavy atom. The molecule has 0 aliphatic heterocycles. The summed E-state index contributed by atoms with van der Waals surface area (Å²) < 4.78 is 0. The van der Waals surface area contributed by atoms with Gasteiger partial charge in [0.2, 0.25) is 0 Å². The molecule has 112 valence electrons. The van der Waals surface area contributed by atoms with Crippen molar-refractivity contribution in [1.29, 1.82) is 0 Å². The molecule has 0 heterocycles. The van der Waals surface area contributed by atoms with Crippen LogP contribution in [0.1, 0.15) is 28.7 Å². The quantitative estimate of drug-likeness (QED) is 0.651. The zero-order valence-corrected chi connectivity index (χ0v) is 13.6. The third-order valence-corrected chi connectivity index (χ3v) is 4.08. The van der Waals surface area contributed by atoms with Crippen LogP contribution < -0.4 is 10.7 Å². The highest BCUT2D eigenvalue weighted by atomic mass is 32.1. The number of hydrogen-bond acceptors (Lipinski definition) is 2. The molecule has 0 saturated heterocycles. The Labute approximate surface area is 136 Å². The second-order valence-corrected chi connectivity index (χ2v) is 6.01. The first-order valence-corrected chi connectivity index (χ1v) is 7.83. The fourth-order valence-electron chi connectivity index (χ4n) is 2.75. The van der Waals surface area contributed by atoms with Gasteiger partial charge in [0.15, 0.2) is 5.11 Å². The second-order valence-electron chi connectivity index (χ2n) is 5.60. The molecule has 0 unspecified atom stereocenters. The Balaban J connectivity index is 1.67. The largest absolute Gasteiger partial charge is 0.331 e. The first-order chi connectivity index (χ1) is 10.6. The summed E-state index contributed by atoms with van der Waals surface area (Å²) in [5.41, 5.74) is 10.0. The highest BCUT2D eigenvalue weighted by molar-refractivity contribution is 7.80. The number of hydrogen-bond donors (Lipinski definition) is 2. The van der Waals surface area contributed by atoms with Gasteiger partial charge in [-0.25, -0.2) is 0 Å². The molecule has 2 N–H and O–H groups in total. The van der Waals surface area contributed by atoms with Crippen molar-refractivity contribution in [1.82, 2.24) is 5.43 Å². The predicted octanol–water partition coefficient (Wildman–Crippen LogP) is 3.94. The number of nitrogens with zero attached hydrogens (tertiary/aromatic N) is 1. The fraction of sp³-hybridized carbons (Fsp3) is 0.222. The fourth-order valence-corrected chi connectivity index (χ4v) is 2.90. The van der Waals surface area contributed by atoms with Crippen LogP contribution in [-0.2, 0) is 6.42 Å². The van der Waals surface area contributed by atoms with E-state index in [-0.39, 0.29) is 0 Å². The molecule has 3 nitrogen and oxygen atoms in total. The Hall–Kier alpha value is -2.20. The summed E-state index contributed by atoms with van der Waals surface area (Å²) in [6.07, 6.45) is 2.01. The average Bonchev–Trinajstić information content (AvgIpc) is 2.91. The smallest absolute Gasteiger partial charge is 0.191 e. The molecule has 0 atom stereocenters. The van der Waals surface area contributed by atoms with Crippen molar-refractivity contribution in [2.75, 3.05) is 5.32 Å². The van der Waals surface area contributed by atoms with Crippen LogP contribution in [0, 0.1) is 13.8 Å². The Morgan fingerprint density at radius 3 is 2.73 bits per heavy atom. The van der Waals surface area contributed by atoms with Gasteiger partial charge in [0, 0.05) is 11.3 Å². The van der Waals surface area contributed by atoms with Crippen molar-refractivity contribution in [3.8, 4) is 0 Å². The first-order valence-electron chi connectivity index (χ1n) is 7.42. The van der Waals surface area contributed by atoms with Gasteiger partial charge in [-0.3, -0.25) is 5.43 Å². The third kappa shape index (κ3) is 3.17. The van der Waals surface area contributed by atoms with E-state index in [0.717, 1.165) is 24.2 Å². The lowest BCUT2D eigenvalue weighted by Crippen LogP contribution is -2.25. The van der Waals surface area contributed by atoms with E-state index in [1.165, 1.54) is 22.3 Å². The van der Waals surface area contributed by atoms with Crippen molar-refractivity contribution in [2.24, 2.45) is 5.10 Å². The summed E-state index contributed by atoms with van der Waals surface area (Å²) >= 11 is 5.33. The molecule has 0 amide bonds. The van der Waals surface area contributed by atoms with Gasteiger partial charge >= 0.3 is 0 Å². The molecular weight excluding hydrogens is 290 g/mol. The lowest BCUT2D eigenvalue weighted by molar-refractivity contribution is 1.01. The van der Waals surface area contributed by atoms with Gasteiger partial charge in [0.05, 0.1) is 5.71 Å². The Bertz CT molecular complexity index is 750. The van der Waals surface area contributed by atoms with Crippen molar-refractivity contribution < 1.29 is 0 Å². The zero-order valence-electron chi connectivity index (χ0n) is 12.8. The van der Waals surface area contributed by atoms with Gasteiger partial charge in [0.25, 0.3) is 0 Å². The molecule has 3 rings (SSSR count). The van der Waals surface area contributed by atoms with E-state index >= 15 is 0 Å². The van der Waals surface area contributed by atoms with E-state index in [9.17, 15) is 0 Å². The number of fused-ring (bicyclic) bond motifs is 1. The number of rotatable bonds is 2. The summed E-state index contributed by atoms with van der Waals surface area (Å²) in [5.74, 6) is 0. The number of anilines is 1. The molecule has 0 fully saturated rings. The van der Waals surface area contributed by atoms with Crippen LogP contribution in [0.25, 0.3) is 0 Å². The van der Waals surface area contributed by atoms with E-state index < -0.39 is 0 Å². The molecule has 0 aromatic heterocycles. The number of thiocarbonyl (C=S) groups is 1. The van der Waals surface area contributed by atoms with E-state index in [1.54, 1.807) is 0 Å². The van der Waals surface area contributed by atoms with Crippen LogP contribution in [-0.4, -0.2) is 10.8 Å². The Morgan fingerprint density at radius 1 is 1.09 bits per heavy atom. The molecule has 1 aliphatic rings. The number of hydrazone groups is 1. The second kappa shape index (κ2) is 6.28. The van der Waals surface area contributed by atoms with Crippen LogP contribution >= 0.6 is 12.2 Å². The van der Waals surface area contributed by atoms with E-state index in [1.807, 2.05) is 12.1 Å². The van der Waals surface area contributed by atoms with Crippen molar-refractivity contribution in [3.05, 3.63) is 64.7 Å². The van der Waals surface area contributed by atoms with E-state index in [0.29, 0.717) is 5.11 Å². The molecule has 4 heteroatoms. The molecular formula is C18H19N3S. The maximum absolute atomic E-state index is 5.33. The summed E-state index contributed by atoms with van der Waals surface area (Å²) in [5, 5.41) is 8.19. The van der Waals surface area contributed by atoms with Crippen LogP contribution in [0.4, 0.5) is 5.69 Å². The summed E-state index contributed by atoms with van der Waals surface area (Å²) in [7, 11) is 0. The van der Waals surface area contributed by atoms with E-state index in [4.69, 9.17) is 12.2 Å². The van der Waals surface area contributed by atoms with Crippen molar-refractivity contribution >= 4 is 28.7 Å². The highest BCUT2D eigenvalue weighted by Crippen LogP contribution is 2.21. The highest BCUT2D eigenvalue weighted by Gasteiger charge is 2.16. The van der Waals surface area contributed by atoms with Gasteiger partial charge in [-0.2, -0.15) is 5.10 Å². The number of benzene rings is 2. The van der Waals surface area contributed by atoms with Crippen LogP contribution in [0.15, 0.2) is 47.6 Å². The molecule has 0 spiro atoms. The van der Waals surface area contributed by atoms with Gasteiger partial charge in [-0.15, -0.1) is 0 Å². The number of aryl methyl sites for hydroxylation is 3. The molecule has 0 bridgehead atoms. The lowest BCUT2D eigenvalue weighted by Gasteiger charge is -2.11. The molecule has 2 aromatic rings. The minimum absolute atomic E-state index is 0.517. The third-order valence-electron chi connectivity index (χ3n) is 3.88. The average molecular weight is 309 g/mol. The lowest BCUT2D eigenvalue weighted by atomic mass is 10.1. The van der Waals surface area contributed by atoms with E-state index in [2.05, 4.69) is 60.0 Å². The first kappa shape index (κ1) is 14.7. The van der Waals surface area contributed by atoms with Gasteiger partial charge in [-0.05, 0) is 56.1 Å². The predicted molar refractivity (Wildman–Crippen MR) is 96.6 cm³/mol. The maximum Gasteiger partial charge on any atom is 0.191 e. The molecule has 0 saturated carbocycles. The van der Waals surface area contributed by atoms with Crippen LogP contribution in [0.3, 0.4) is 0 Å². The zero-order chi connectivity index (χ0) is 15.5. The van der Waals surface area contributed by atoms with Crippen LogP contribution in [0.5, 0.6) is 0 Å². The van der Waals surface area contributed by atoms with Gasteiger partial charge in [0.1, 0.15) is 0 Å². The molecule has 1 aliphatic carbocycles. The monoisotopic (exact) mass is 309 g/mol. The molecule has 22 heavy (non-hydrogen) atoms. The summed E-state index contributed by atoms with van der Waals surface area (Å²) in [4.78, 5) is 0. The van der Waals surface area contributed by atoms with Crippen LogP contribution in [0.2, 0.25) is 0 Å². The topological polar surface area (TPSA) is 36.4 Å². The standard InChI is InChI=1S/C18H19N3S/c1-12-7-9-16(13(2)11-12)19-18(22)21-20-17-10-8-14-5-3-4-6-15(14)17/h3-7,9,11H,8,10H2,1-2H3,(H2,19,21,22). The van der Waals surface area contributed by atoms with Gasteiger partial charge in [-0.1, -0.05) is 42.0 Å². The minimum Gasteiger partial charge on any atom is -0.331 e.